The summed E-state index contributed by atoms with van der Waals surface area (Å²) >= 11 is 0. The van der Waals surface area contributed by atoms with Gasteiger partial charge in [-0.3, -0.25) is 19.3 Å². The number of likely N-dealkylation sites (tertiary alicyclic amines) is 2. The lowest BCUT2D eigenvalue weighted by Crippen LogP contribution is -2.52. The standard InChI is InChI=1S/C25H29N3O3/c29-23(18-28-17-7-6-14-22(28)25(31)27-15-8-9-16-27)26-21-13-5-4-12-20(21)24(30)19-10-2-1-3-11-19/h1-5,10-13,22H,6-9,14-18H2,(H,26,29). The van der Waals surface area contributed by atoms with Gasteiger partial charge in [-0.25, -0.2) is 0 Å². The number of hydrogen-bond donors (Lipinski definition) is 1. The molecule has 1 atom stereocenters. The second-order valence-corrected chi connectivity index (χ2v) is 8.30. The Morgan fingerprint density at radius 1 is 0.839 bits per heavy atom. The van der Waals surface area contributed by atoms with Crippen LogP contribution in [-0.4, -0.2) is 59.6 Å². The van der Waals surface area contributed by atoms with Gasteiger partial charge < -0.3 is 10.2 Å². The third-order valence-corrected chi connectivity index (χ3v) is 6.14. The maximum atomic E-state index is 13.0. The van der Waals surface area contributed by atoms with Gasteiger partial charge in [-0.05, 0) is 44.4 Å². The monoisotopic (exact) mass is 419 g/mol. The lowest BCUT2D eigenvalue weighted by molar-refractivity contribution is -0.137. The predicted molar refractivity (Wildman–Crippen MR) is 120 cm³/mol. The van der Waals surface area contributed by atoms with E-state index in [0.717, 1.165) is 51.7 Å². The van der Waals surface area contributed by atoms with Crippen LogP contribution >= 0.6 is 0 Å². The Hall–Kier alpha value is -2.99. The van der Waals surface area contributed by atoms with Crippen molar-refractivity contribution in [3.05, 3.63) is 65.7 Å². The summed E-state index contributed by atoms with van der Waals surface area (Å²) in [4.78, 5) is 42.7. The fraction of sp³-hybridized carbons (Fsp3) is 0.400. The fourth-order valence-corrected chi connectivity index (χ4v) is 4.52. The second-order valence-electron chi connectivity index (χ2n) is 8.30. The number of benzene rings is 2. The molecule has 4 rings (SSSR count). The van der Waals surface area contributed by atoms with Crippen molar-refractivity contribution in [3.8, 4) is 0 Å². The number of ketones is 1. The van der Waals surface area contributed by atoms with Crippen LogP contribution in [0.2, 0.25) is 0 Å². The van der Waals surface area contributed by atoms with E-state index in [1.807, 2.05) is 28.0 Å². The molecular weight excluding hydrogens is 390 g/mol. The molecule has 2 aromatic carbocycles. The van der Waals surface area contributed by atoms with E-state index in [2.05, 4.69) is 5.32 Å². The summed E-state index contributed by atoms with van der Waals surface area (Å²) in [5, 5.41) is 2.91. The number of hydrogen-bond acceptors (Lipinski definition) is 4. The molecule has 0 aliphatic carbocycles. The zero-order chi connectivity index (χ0) is 21.6. The van der Waals surface area contributed by atoms with E-state index in [1.165, 1.54) is 0 Å². The molecule has 162 valence electrons. The third kappa shape index (κ3) is 5.02. The third-order valence-electron chi connectivity index (χ3n) is 6.14. The maximum Gasteiger partial charge on any atom is 0.239 e. The first-order valence-corrected chi connectivity index (χ1v) is 11.1. The summed E-state index contributed by atoms with van der Waals surface area (Å²) in [6, 6.07) is 15.9. The van der Waals surface area contributed by atoms with Gasteiger partial charge in [0.15, 0.2) is 5.78 Å². The highest BCUT2D eigenvalue weighted by Crippen LogP contribution is 2.22. The second kappa shape index (κ2) is 9.88. The number of rotatable bonds is 6. The van der Waals surface area contributed by atoms with Crippen LogP contribution in [0.15, 0.2) is 54.6 Å². The minimum atomic E-state index is -0.223. The van der Waals surface area contributed by atoms with Crippen molar-refractivity contribution in [3.63, 3.8) is 0 Å². The molecule has 6 nitrogen and oxygen atoms in total. The molecule has 0 radical (unpaired) electrons. The molecule has 2 fully saturated rings. The van der Waals surface area contributed by atoms with Crippen LogP contribution in [0, 0.1) is 0 Å². The molecule has 31 heavy (non-hydrogen) atoms. The first-order valence-electron chi connectivity index (χ1n) is 11.1. The van der Waals surface area contributed by atoms with E-state index in [-0.39, 0.29) is 30.2 Å². The van der Waals surface area contributed by atoms with Gasteiger partial charge in [-0.15, -0.1) is 0 Å². The summed E-state index contributed by atoms with van der Waals surface area (Å²) in [6.45, 7) is 2.54. The lowest BCUT2D eigenvalue weighted by Gasteiger charge is -2.36. The quantitative estimate of drug-likeness (QED) is 0.729. The summed E-state index contributed by atoms with van der Waals surface area (Å²) in [6.07, 6.45) is 4.92. The van der Waals surface area contributed by atoms with Crippen LogP contribution in [0.3, 0.4) is 0 Å². The molecule has 2 amide bonds. The van der Waals surface area contributed by atoms with Gasteiger partial charge in [0, 0.05) is 24.2 Å². The van der Waals surface area contributed by atoms with E-state index in [1.54, 1.807) is 36.4 Å². The molecule has 1 unspecified atom stereocenters. The molecule has 0 aromatic heterocycles. The Labute approximate surface area is 183 Å². The highest BCUT2D eigenvalue weighted by atomic mass is 16.2. The molecule has 0 saturated carbocycles. The number of piperidine rings is 1. The van der Waals surface area contributed by atoms with Gasteiger partial charge in [-0.2, -0.15) is 0 Å². The molecule has 0 spiro atoms. The molecule has 2 saturated heterocycles. The number of nitrogens with zero attached hydrogens (tertiary/aromatic N) is 2. The average molecular weight is 420 g/mol. The van der Waals surface area contributed by atoms with Crippen LogP contribution in [0.5, 0.6) is 0 Å². The van der Waals surface area contributed by atoms with E-state index in [9.17, 15) is 14.4 Å². The Bertz CT molecular complexity index is 938. The van der Waals surface area contributed by atoms with Gasteiger partial charge in [-0.1, -0.05) is 48.9 Å². The Balaban J connectivity index is 1.45. The number of para-hydroxylation sites is 1. The SMILES string of the molecule is O=C(CN1CCCCC1C(=O)N1CCCC1)Nc1ccccc1C(=O)c1ccccc1. The number of anilines is 1. The summed E-state index contributed by atoms with van der Waals surface area (Å²) < 4.78 is 0. The van der Waals surface area contributed by atoms with Gasteiger partial charge in [0.05, 0.1) is 18.3 Å². The van der Waals surface area contributed by atoms with Gasteiger partial charge >= 0.3 is 0 Å². The van der Waals surface area contributed by atoms with E-state index >= 15 is 0 Å². The number of nitrogens with one attached hydrogen (secondary N) is 1. The van der Waals surface area contributed by atoms with Crippen molar-refractivity contribution in [1.82, 2.24) is 9.80 Å². The molecular formula is C25H29N3O3. The van der Waals surface area contributed by atoms with Crippen molar-refractivity contribution in [2.24, 2.45) is 0 Å². The first-order chi connectivity index (χ1) is 15.1. The molecule has 1 N–H and O–H groups in total. The number of amides is 2. The Morgan fingerprint density at radius 2 is 1.52 bits per heavy atom. The molecule has 2 heterocycles. The number of carbonyl (C=O) groups is 3. The van der Waals surface area contributed by atoms with Crippen molar-refractivity contribution >= 4 is 23.3 Å². The predicted octanol–water partition coefficient (Wildman–Crippen LogP) is 3.33. The van der Waals surface area contributed by atoms with Gasteiger partial charge in [0.25, 0.3) is 0 Å². The lowest BCUT2D eigenvalue weighted by atomic mass is 10.0. The zero-order valence-corrected chi connectivity index (χ0v) is 17.8. The average Bonchev–Trinajstić information content (AvgIpc) is 3.34. The smallest absolute Gasteiger partial charge is 0.239 e. The summed E-state index contributed by atoms with van der Waals surface area (Å²) in [7, 11) is 0. The largest absolute Gasteiger partial charge is 0.341 e. The van der Waals surface area contributed by atoms with E-state index < -0.39 is 0 Å². The van der Waals surface area contributed by atoms with Crippen LogP contribution in [-0.2, 0) is 9.59 Å². The Morgan fingerprint density at radius 3 is 2.29 bits per heavy atom. The molecule has 0 bridgehead atoms. The fourth-order valence-electron chi connectivity index (χ4n) is 4.52. The van der Waals surface area contributed by atoms with Gasteiger partial charge in [0.1, 0.15) is 0 Å². The number of carbonyl (C=O) groups excluding carboxylic acids is 3. The molecule has 2 aliphatic rings. The van der Waals surface area contributed by atoms with Crippen molar-refractivity contribution in [1.29, 1.82) is 0 Å². The van der Waals surface area contributed by atoms with Crippen LogP contribution in [0.1, 0.15) is 48.0 Å². The highest BCUT2D eigenvalue weighted by molar-refractivity contribution is 6.13. The summed E-state index contributed by atoms with van der Waals surface area (Å²) in [5.41, 5.74) is 1.54. The normalized spacial score (nSPS) is 19.2. The summed E-state index contributed by atoms with van der Waals surface area (Å²) in [5.74, 6) is -0.171. The molecule has 2 aliphatic heterocycles. The zero-order valence-electron chi connectivity index (χ0n) is 17.8. The molecule has 2 aromatic rings. The first kappa shape index (κ1) is 21.2. The van der Waals surface area contributed by atoms with Crippen molar-refractivity contribution in [2.45, 2.75) is 38.1 Å². The van der Waals surface area contributed by atoms with Crippen LogP contribution in [0.25, 0.3) is 0 Å². The molecule has 6 heteroatoms. The van der Waals surface area contributed by atoms with Gasteiger partial charge in [0.2, 0.25) is 11.8 Å². The van der Waals surface area contributed by atoms with Crippen LogP contribution in [0.4, 0.5) is 5.69 Å². The van der Waals surface area contributed by atoms with Crippen LogP contribution < -0.4 is 5.32 Å². The maximum absolute atomic E-state index is 13.0. The highest BCUT2D eigenvalue weighted by Gasteiger charge is 2.33. The topological polar surface area (TPSA) is 69.7 Å². The van der Waals surface area contributed by atoms with E-state index in [4.69, 9.17) is 0 Å². The van der Waals surface area contributed by atoms with Crippen molar-refractivity contribution in [2.75, 3.05) is 31.5 Å². The minimum Gasteiger partial charge on any atom is -0.341 e. The van der Waals surface area contributed by atoms with E-state index in [0.29, 0.717) is 16.8 Å². The Kier molecular flexibility index (Phi) is 6.77. The minimum absolute atomic E-state index is 0.128. The van der Waals surface area contributed by atoms with Crippen molar-refractivity contribution < 1.29 is 14.4 Å².